The summed E-state index contributed by atoms with van der Waals surface area (Å²) in [6.07, 6.45) is 0. The molecule has 2 rings (SSSR count). The Labute approximate surface area is 113 Å². The van der Waals surface area contributed by atoms with E-state index in [1.165, 1.54) is 7.05 Å². The Morgan fingerprint density at radius 2 is 1.95 bits per heavy atom. The Kier molecular flexibility index (Phi) is 3.71. The Morgan fingerprint density at radius 1 is 1.35 bits per heavy atom. The molecule has 0 atom stereocenters. The van der Waals surface area contributed by atoms with Gasteiger partial charge in [0.1, 0.15) is 10.7 Å². The standard InChI is InChI=1S/C10H11F2N3O4S/c1-14(6-4-13-5-6)20(18,19)10-3-9(15(16)17)7(11)2-8(10)12/h2-3,6,13H,4-5H2,1H3. The van der Waals surface area contributed by atoms with Crippen molar-refractivity contribution in [3.63, 3.8) is 0 Å². The average Bonchev–Trinajstić information content (AvgIpc) is 2.25. The van der Waals surface area contributed by atoms with Crippen LogP contribution in [0.2, 0.25) is 0 Å². The van der Waals surface area contributed by atoms with Gasteiger partial charge in [-0.1, -0.05) is 0 Å². The molecule has 0 radical (unpaired) electrons. The number of nitrogens with zero attached hydrogens (tertiary/aromatic N) is 2. The van der Waals surface area contributed by atoms with Crippen LogP contribution in [0, 0.1) is 21.7 Å². The summed E-state index contributed by atoms with van der Waals surface area (Å²) in [4.78, 5) is 8.61. The number of hydrogen-bond donors (Lipinski definition) is 1. The first-order valence-corrected chi connectivity index (χ1v) is 7.01. The fraction of sp³-hybridized carbons (Fsp3) is 0.400. The number of likely N-dealkylation sites (N-methyl/N-ethyl adjacent to an activating group) is 1. The summed E-state index contributed by atoms with van der Waals surface area (Å²) in [5.74, 6) is -2.77. The molecule has 1 fully saturated rings. The molecular weight excluding hydrogens is 296 g/mol. The minimum Gasteiger partial charge on any atom is -0.313 e. The van der Waals surface area contributed by atoms with Gasteiger partial charge in [-0.05, 0) is 0 Å². The highest BCUT2D eigenvalue weighted by atomic mass is 32.2. The molecule has 0 bridgehead atoms. The first kappa shape index (κ1) is 14.8. The molecule has 10 heteroatoms. The first-order chi connectivity index (χ1) is 9.25. The highest BCUT2D eigenvalue weighted by molar-refractivity contribution is 7.89. The summed E-state index contributed by atoms with van der Waals surface area (Å²) in [5, 5.41) is 13.5. The Balaban J connectivity index is 2.50. The molecule has 1 aliphatic rings. The summed E-state index contributed by atoms with van der Waals surface area (Å²) in [6, 6.07) is 0.254. The van der Waals surface area contributed by atoms with Gasteiger partial charge in [0.05, 0.1) is 4.92 Å². The van der Waals surface area contributed by atoms with Crippen LogP contribution in [0.15, 0.2) is 17.0 Å². The predicted molar refractivity (Wildman–Crippen MR) is 64.6 cm³/mol. The second kappa shape index (κ2) is 5.04. The lowest BCUT2D eigenvalue weighted by molar-refractivity contribution is -0.387. The van der Waals surface area contributed by atoms with Crippen LogP contribution >= 0.6 is 0 Å². The minimum atomic E-state index is -4.26. The van der Waals surface area contributed by atoms with E-state index in [0.717, 1.165) is 4.31 Å². The fourth-order valence-electron chi connectivity index (χ4n) is 1.74. The van der Waals surface area contributed by atoms with Gasteiger partial charge in [-0.25, -0.2) is 12.8 Å². The summed E-state index contributed by atoms with van der Waals surface area (Å²) in [7, 11) is -3.01. The highest BCUT2D eigenvalue weighted by Crippen LogP contribution is 2.27. The van der Waals surface area contributed by atoms with E-state index in [-0.39, 0.29) is 12.1 Å². The van der Waals surface area contributed by atoms with E-state index in [4.69, 9.17) is 0 Å². The van der Waals surface area contributed by atoms with Crippen molar-refractivity contribution in [3.05, 3.63) is 33.9 Å². The average molecular weight is 307 g/mol. The monoisotopic (exact) mass is 307 g/mol. The van der Waals surface area contributed by atoms with E-state index < -0.39 is 37.2 Å². The number of hydrogen-bond acceptors (Lipinski definition) is 5. The van der Waals surface area contributed by atoms with Crippen molar-refractivity contribution in [2.24, 2.45) is 0 Å². The molecule has 1 heterocycles. The van der Waals surface area contributed by atoms with Crippen molar-refractivity contribution < 1.29 is 22.1 Å². The normalized spacial score (nSPS) is 16.2. The van der Waals surface area contributed by atoms with Gasteiger partial charge < -0.3 is 5.32 Å². The van der Waals surface area contributed by atoms with Gasteiger partial charge in [0, 0.05) is 38.3 Å². The largest absolute Gasteiger partial charge is 0.313 e. The number of benzene rings is 1. The smallest absolute Gasteiger partial charge is 0.306 e. The second-order valence-corrected chi connectivity index (χ2v) is 6.29. The predicted octanol–water partition coefficient (Wildman–Crippen LogP) is 0.465. The summed E-state index contributed by atoms with van der Waals surface area (Å²) < 4.78 is 52.2. The second-order valence-electron chi connectivity index (χ2n) is 4.32. The van der Waals surface area contributed by atoms with Gasteiger partial charge in [0.25, 0.3) is 0 Å². The van der Waals surface area contributed by atoms with Gasteiger partial charge in [-0.15, -0.1) is 0 Å². The third-order valence-electron chi connectivity index (χ3n) is 3.13. The molecule has 20 heavy (non-hydrogen) atoms. The lowest BCUT2D eigenvalue weighted by Gasteiger charge is -2.34. The fourth-order valence-corrected chi connectivity index (χ4v) is 3.16. The third kappa shape index (κ3) is 2.37. The van der Waals surface area contributed by atoms with Crippen LogP contribution in [0.5, 0.6) is 0 Å². The van der Waals surface area contributed by atoms with Crippen molar-refractivity contribution in [1.29, 1.82) is 0 Å². The quantitative estimate of drug-likeness (QED) is 0.644. The maximum Gasteiger partial charge on any atom is 0.306 e. The maximum atomic E-state index is 13.7. The van der Waals surface area contributed by atoms with Crippen molar-refractivity contribution in [2.75, 3.05) is 20.1 Å². The minimum absolute atomic E-state index is 0.206. The van der Waals surface area contributed by atoms with Crippen LogP contribution in [0.1, 0.15) is 0 Å². The van der Waals surface area contributed by atoms with Crippen LogP contribution in [0.3, 0.4) is 0 Å². The van der Waals surface area contributed by atoms with Crippen LogP contribution in [0.4, 0.5) is 14.5 Å². The summed E-state index contributed by atoms with van der Waals surface area (Å²) >= 11 is 0. The summed E-state index contributed by atoms with van der Waals surface area (Å²) in [5.41, 5.74) is -1.08. The molecule has 110 valence electrons. The van der Waals surface area contributed by atoms with Gasteiger partial charge in [-0.3, -0.25) is 10.1 Å². The number of halogens is 2. The lowest BCUT2D eigenvalue weighted by Crippen LogP contribution is -2.57. The zero-order chi connectivity index (χ0) is 15.1. The van der Waals surface area contributed by atoms with Crippen LogP contribution in [-0.2, 0) is 10.0 Å². The molecule has 0 aromatic heterocycles. The molecule has 1 N–H and O–H groups in total. The molecule has 0 aliphatic carbocycles. The number of rotatable bonds is 4. The summed E-state index contributed by atoms with van der Waals surface area (Å²) in [6.45, 7) is 0.807. The lowest BCUT2D eigenvalue weighted by atomic mass is 10.2. The number of nitrogens with one attached hydrogen (secondary N) is 1. The molecule has 1 aromatic carbocycles. The van der Waals surface area contributed by atoms with Gasteiger partial charge in [-0.2, -0.15) is 8.70 Å². The van der Waals surface area contributed by atoms with Crippen molar-refractivity contribution in [1.82, 2.24) is 9.62 Å². The number of sulfonamides is 1. The zero-order valence-corrected chi connectivity index (χ0v) is 11.2. The van der Waals surface area contributed by atoms with E-state index in [1.807, 2.05) is 0 Å². The van der Waals surface area contributed by atoms with E-state index >= 15 is 0 Å². The topological polar surface area (TPSA) is 92.6 Å². The molecule has 1 aromatic rings. The first-order valence-electron chi connectivity index (χ1n) is 5.57. The van der Waals surface area contributed by atoms with Crippen molar-refractivity contribution in [2.45, 2.75) is 10.9 Å². The molecular formula is C10H11F2N3O4S. The molecule has 0 amide bonds. The molecule has 1 saturated heterocycles. The van der Waals surface area contributed by atoms with Crippen LogP contribution in [0.25, 0.3) is 0 Å². The van der Waals surface area contributed by atoms with Crippen LogP contribution in [-0.4, -0.2) is 43.8 Å². The Hall–Kier alpha value is -1.65. The van der Waals surface area contributed by atoms with Crippen molar-refractivity contribution >= 4 is 15.7 Å². The van der Waals surface area contributed by atoms with E-state index in [2.05, 4.69) is 5.32 Å². The van der Waals surface area contributed by atoms with Gasteiger partial charge in [0.15, 0.2) is 0 Å². The molecule has 7 nitrogen and oxygen atoms in total. The molecule has 0 saturated carbocycles. The molecule has 0 unspecified atom stereocenters. The van der Waals surface area contributed by atoms with Gasteiger partial charge >= 0.3 is 5.69 Å². The van der Waals surface area contributed by atoms with E-state index in [1.54, 1.807) is 0 Å². The highest BCUT2D eigenvalue weighted by Gasteiger charge is 2.35. The maximum absolute atomic E-state index is 13.7. The zero-order valence-electron chi connectivity index (χ0n) is 10.3. The Morgan fingerprint density at radius 3 is 2.40 bits per heavy atom. The van der Waals surface area contributed by atoms with Crippen LogP contribution < -0.4 is 5.32 Å². The Bertz CT molecular complexity index is 661. The molecule has 1 aliphatic heterocycles. The SMILES string of the molecule is CN(C1CNC1)S(=O)(=O)c1cc([N+](=O)[O-])c(F)cc1F. The van der Waals surface area contributed by atoms with Gasteiger partial charge in [0.2, 0.25) is 15.8 Å². The number of nitro groups is 1. The van der Waals surface area contributed by atoms with Crippen molar-refractivity contribution in [3.8, 4) is 0 Å². The number of nitro benzene ring substituents is 1. The van der Waals surface area contributed by atoms with E-state index in [9.17, 15) is 27.3 Å². The van der Waals surface area contributed by atoms with E-state index in [0.29, 0.717) is 19.2 Å². The molecule has 0 spiro atoms. The third-order valence-corrected chi connectivity index (χ3v) is 5.05.